The molecule has 1 aromatic rings. The maximum atomic E-state index is 11.3. The van der Waals surface area contributed by atoms with Crippen LogP contribution in [0.15, 0.2) is 6.33 Å². The lowest BCUT2D eigenvalue weighted by molar-refractivity contribution is -0.383. The predicted octanol–water partition coefficient (Wildman–Crippen LogP) is 1.78. The molecule has 0 aromatic carbocycles. The van der Waals surface area contributed by atoms with E-state index in [-0.39, 0.29) is 23.4 Å². The lowest BCUT2D eigenvalue weighted by Crippen LogP contribution is -2.16. The fourth-order valence-corrected chi connectivity index (χ4v) is 2.53. The molecule has 2 unspecified atom stereocenters. The van der Waals surface area contributed by atoms with E-state index in [0.717, 1.165) is 25.7 Å². The molecule has 21 heavy (non-hydrogen) atoms. The van der Waals surface area contributed by atoms with Crippen LogP contribution in [0.5, 0.6) is 0 Å². The van der Waals surface area contributed by atoms with Crippen LogP contribution in [0.2, 0.25) is 0 Å². The Balaban J connectivity index is 2.08. The quantitative estimate of drug-likeness (QED) is 0.519. The number of anilines is 2. The van der Waals surface area contributed by atoms with Crippen molar-refractivity contribution in [3.63, 3.8) is 0 Å². The molecule has 0 saturated heterocycles. The van der Waals surface area contributed by atoms with E-state index >= 15 is 0 Å². The third kappa shape index (κ3) is 4.01. The molecule has 3 N–H and O–H groups in total. The summed E-state index contributed by atoms with van der Waals surface area (Å²) in [5, 5.41) is 26.7. The van der Waals surface area contributed by atoms with Gasteiger partial charge in [0.2, 0.25) is 11.6 Å². The zero-order chi connectivity index (χ0) is 15.2. The predicted molar refractivity (Wildman–Crippen MR) is 79.3 cm³/mol. The number of nitro groups is 1. The largest absolute Gasteiger partial charge is 0.393 e. The van der Waals surface area contributed by atoms with Crippen molar-refractivity contribution in [2.45, 2.75) is 38.7 Å². The lowest BCUT2D eigenvalue weighted by Gasteiger charge is -2.12. The highest BCUT2D eigenvalue weighted by Gasteiger charge is 2.26. The molecule has 1 saturated carbocycles. The lowest BCUT2D eigenvalue weighted by atomic mass is 10.1. The molecular weight excluding hydrogens is 274 g/mol. The SMILES string of the molecule is CCCNc1ncnc(NCC2CCC(O)C2)c1[N+](=O)[O-]. The van der Waals surface area contributed by atoms with Crippen LogP contribution in [-0.2, 0) is 0 Å². The zero-order valence-electron chi connectivity index (χ0n) is 12.1. The Morgan fingerprint density at radius 2 is 2.10 bits per heavy atom. The smallest absolute Gasteiger partial charge is 0.353 e. The van der Waals surface area contributed by atoms with E-state index in [4.69, 9.17) is 0 Å². The maximum Gasteiger partial charge on any atom is 0.353 e. The first kappa shape index (κ1) is 15.4. The van der Waals surface area contributed by atoms with Crippen LogP contribution in [0.25, 0.3) is 0 Å². The molecule has 1 aromatic heterocycles. The molecule has 116 valence electrons. The van der Waals surface area contributed by atoms with Crippen molar-refractivity contribution in [3.05, 3.63) is 16.4 Å². The second-order valence-corrected chi connectivity index (χ2v) is 5.32. The molecule has 1 aliphatic rings. The Bertz CT molecular complexity index is 497. The van der Waals surface area contributed by atoms with Gasteiger partial charge in [-0.3, -0.25) is 10.1 Å². The Morgan fingerprint density at radius 1 is 1.38 bits per heavy atom. The Morgan fingerprint density at radius 3 is 2.67 bits per heavy atom. The van der Waals surface area contributed by atoms with E-state index in [1.807, 2.05) is 6.92 Å². The highest BCUT2D eigenvalue weighted by Crippen LogP contribution is 2.30. The highest BCUT2D eigenvalue weighted by atomic mass is 16.6. The normalized spacial score (nSPS) is 21.2. The fraction of sp³-hybridized carbons (Fsp3) is 0.692. The van der Waals surface area contributed by atoms with E-state index in [0.29, 0.717) is 19.0 Å². The van der Waals surface area contributed by atoms with Crippen LogP contribution in [0.4, 0.5) is 17.3 Å². The zero-order valence-corrected chi connectivity index (χ0v) is 12.1. The van der Waals surface area contributed by atoms with Gasteiger partial charge in [-0.05, 0) is 31.6 Å². The summed E-state index contributed by atoms with van der Waals surface area (Å²) in [7, 11) is 0. The fourth-order valence-electron chi connectivity index (χ4n) is 2.53. The van der Waals surface area contributed by atoms with Gasteiger partial charge in [-0.1, -0.05) is 6.92 Å². The highest BCUT2D eigenvalue weighted by molar-refractivity contribution is 5.69. The Kier molecular flexibility index (Phi) is 5.26. The van der Waals surface area contributed by atoms with Gasteiger partial charge in [-0.25, -0.2) is 9.97 Å². The van der Waals surface area contributed by atoms with Crippen molar-refractivity contribution in [2.24, 2.45) is 5.92 Å². The third-order valence-corrected chi connectivity index (χ3v) is 3.62. The number of hydrogen-bond acceptors (Lipinski definition) is 7. The minimum atomic E-state index is -0.468. The van der Waals surface area contributed by atoms with Gasteiger partial charge in [-0.2, -0.15) is 0 Å². The first-order valence-corrected chi connectivity index (χ1v) is 7.27. The van der Waals surface area contributed by atoms with Gasteiger partial charge in [0, 0.05) is 13.1 Å². The minimum absolute atomic E-state index is 0.121. The van der Waals surface area contributed by atoms with Gasteiger partial charge in [0.15, 0.2) is 0 Å². The first-order valence-electron chi connectivity index (χ1n) is 7.27. The van der Waals surface area contributed by atoms with Crippen LogP contribution in [0.1, 0.15) is 32.6 Å². The van der Waals surface area contributed by atoms with Crippen LogP contribution in [0.3, 0.4) is 0 Å². The Hall–Kier alpha value is -1.96. The van der Waals surface area contributed by atoms with Crippen LogP contribution in [0, 0.1) is 16.0 Å². The van der Waals surface area contributed by atoms with Crippen molar-refractivity contribution in [1.29, 1.82) is 0 Å². The molecule has 0 bridgehead atoms. The number of nitrogens with zero attached hydrogens (tertiary/aromatic N) is 3. The molecule has 0 amide bonds. The number of rotatable bonds is 7. The number of hydrogen-bond donors (Lipinski definition) is 3. The van der Waals surface area contributed by atoms with Crippen molar-refractivity contribution in [2.75, 3.05) is 23.7 Å². The van der Waals surface area contributed by atoms with Crippen LogP contribution in [-0.4, -0.2) is 39.2 Å². The molecule has 1 aliphatic carbocycles. The molecule has 0 spiro atoms. The number of nitrogens with one attached hydrogen (secondary N) is 2. The van der Waals surface area contributed by atoms with Gasteiger partial charge in [0.1, 0.15) is 6.33 Å². The molecular formula is C13H21N5O3. The van der Waals surface area contributed by atoms with E-state index in [9.17, 15) is 15.2 Å². The van der Waals surface area contributed by atoms with Crippen molar-refractivity contribution in [1.82, 2.24) is 9.97 Å². The van der Waals surface area contributed by atoms with E-state index in [1.54, 1.807) is 0 Å². The van der Waals surface area contributed by atoms with Crippen LogP contribution < -0.4 is 10.6 Å². The summed E-state index contributed by atoms with van der Waals surface area (Å²) in [4.78, 5) is 18.7. The molecule has 1 heterocycles. The number of aliphatic hydroxyl groups excluding tert-OH is 1. The molecule has 0 aliphatic heterocycles. The summed E-state index contributed by atoms with van der Waals surface area (Å²) in [5.74, 6) is 0.794. The van der Waals surface area contributed by atoms with E-state index in [2.05, 4.69) is 20.6 Å². The van der Waals surface area contributed by atoms with Gasteiger partial charge in [-0.15, -0.1) is 0 Å². The Labute approximate surface area is 123 Å². The maximum absolute atomic E-state index is 11.3. The second-order valence-electron chi connectivity index (χ2n) is 5.32. The van der Waals surface area contributed by atoms with Crippen molar-refractivity contribution >= 4 is 17.3 Å². The van der Waals surface area contributed by atoms with Crippen molar-refractivity contribution in [3.8, 4) is 0 Å². The molecule has 2 rings (SSSR count). The summed E-state index contributed by atoms with van der Waals surface area (Å²) >= 11 is 0. The molecule has 2 atom stereocenters. The van der Waals surface area contributed by atoms with Gasteiger partial charge >= 0.3 is 5.69 Å². The summed E-state index contributed by atoms with van der Waals surface area (Å²) in [6.45, 7) is 3.17. The third-order valence-electron chi connectivity index (χ3n) is 3.62. The summed E-state index contributed by atoms with van der Waals surface area (Å²) in [6, 6.07) is 0. The van der Waals surface area contributed by atoms with Gasteiger partial charge < -0.3 is 15.7 Å². The molecule has 1 fully saturated rings. The monoisotopic (exact) mass is 295 g/mol. The van der Waals surface area contributed by atoms with E-state index < -0.39 is 4.92 Å². The summed E-state index contributed by atoms with van der Waals surface area (Å²) < 4.78 is 0. The first-order chi connectivity index (χ1) is 10.1. The molecule has 8 heteroatoms. The molecule has 0 radical (unpaired) electrons. The van der Waals surface area contributed by atoms with Gasteiger partial charge in [0.05, 0.1) is 11.0 Å². The second kappa shape index (κ2) is 7.16. The molecule has 8 nitrogen and oxygen atoms in total. The summed E-state index contributed by atoms with van der Waals surface area (Å²) in [5.41, 5.74) is -0.121. The van der Waals surface area contributed by atoms with E-state index in [1.165, 1.54) is 6.33 Å². The number of aromatic nitrogens is 2. The number of aliphatic hydroxyl groups is 1. The van der Waals surface area contributed by atoms with Gasteiger partial charge in [0.25, 0.3) is 0 Å². The van der Waals surface area contributed by atoms with Crippen molar-refractivity contribution < 1.29 is 10.0 Å². The van der Waals surface area contributed by atoms with Crippen LogP contribution >= 0.6 is 0 Å². The topological polar surface area (TPSA) is 113 Å². The minimum Gasteiger partial charge on any atom is -0.393 e. The standard InChI is InChI=1S/C13H21N5O3/c1-2-5-14-12-11(18(20)21)13(17-8-16-12)15-7-9-3-4-10(19)6-9/h8-10,19H,2-7H2,1H3,(H2,14,15,16,17). The average Bonchev–Trinajstić information content (AvgIpc) is 2.88. The summed E-state index contributed by atoms with van der Waals surface area (Å²) in [6.07, 6.45) is 4.36. The average molecular weight is 295 g/mol.